The summed E-state index contributed by atoms with van der Waals surface area (Å²) in [4.78, 5) is 26.4. The average molecular weight is 549 g/mol. The van der Waals surface area contributed by atoms with E-state index < -0.39 is 11.9 Å². The van der Waals surface area contributed by atoms with Crippen molar-refractivity contribution in [2.75, 3.05) is 24.6 Å². The van der Waals surface area contributed by atoms with Crippen LogP contribution in [0.25, 0.3) is 0 Å². The molecule has 0 aromatic heterocycles. The number of nitrogens with one attached hydrogen (secondary N) is 1. The van der Waals surface area contributed by atoms with Gasteiger partial charge in [0, 0.05) is 58.9 Å². The fraction of sp³-hybridized carbons (Fsp3) is 0.259. The minimum absolute atomic E-state index is 0. The summed E-state index contributed by atoms with van der Waals surface area (Å²) in [6.07, 6.45) is 1.17. The Morgan fingerprint density at radius 3 is 2.57 bits per heavy atom. The van der Waals surface area contributed by atoms with Crippen LogP contribution in [-0.4, -0.2) is 37.6 Å². The fourth-order valence-corrected chi connectivity index (χ4v) is 4.96. The first kappa shape index (κ1) is 27.6. The van der Waals surface area contributed by atoms with E-state index in [2.05, 4.69) is 10.2 Å². The molecule has 0 aliphatic carbocycles. The predicted molar refractivity (Wildman–Crippen MR) is 135 cm³/mol. The molecule has 3 aromatic rings. The molecule has 1 N–H and O–H groups in total. The molecule has 0 radical (unpaired) electrons. The largest absolute Gasteiger partial charge is 1.00 e. The zero-order valence-corrected chi connectivity index (χ0v) is 23.7. The minimum atomic E-state index is -1.16. The number of aliphatic carboxylic acids is 1. The number of carbonyl (C=O) groups excluding carboxylic acids is 2. The van der Waals surface area contributed by atoms with E-state index in [0.29, 0.717) is 46.4 Å². The molecule has 2 unspecified atom stereocenters. The first-order valence-corrected chi connectivity index (χ1v) is 12.4. The number of rotatable bonds is 6. The maximum Gasteiger partial charge on any atom is 1.00 e. The third-order valence-electron chi connectivity index (χ3n) is 6.43. The molecule has 186 valence electrons. The molecule has 0 spiro atoms. The molecular formula is C27H23Cl2N2NaO5. The molecule has 5 rings (SSSR count). The Morgan fingerprint density at radius 2 is 1.84 bits per heavy atom. The van der Waals surface area contributed by atoms with Gasteiger partial charge in [0.25, 0.3) is 5.91 Å². The van der Waals surface area contributed by atoms with Gasteiger partial charge in [-0.3, -0.25) is 4.79 Å². The number of halogens is 2. The quantitative estimate of drug-likeness (QED) is 0.468. The van der Waals surface area contributed by atoms with Crippen LogP contribution in [0.1, 0.15) is 34.7 Å². The number of benzene rings is 3. The second-order valence-electron chi connectivity index (χ2n) is 8.84. The van der Waals surface area contributed by atoms with Crippen LogP contribution < -0.4 is 54.4 Å². The number of carboxylic acid groups (broad SMARTS) is 1. The van der Waals surface area contributed by atoms with Crippen molar-refractivity contribution in [1.29, 1.82) is 0 Å². The molecule has 3 aromatic carbocycles. The number of hydrogen-bond acceptors (Lipinski definition) is 6. The Balaban J connectivity index is 0.00000320. The van der Waals surface area contributed by atoms with Crippen molar-refractivity contribution in [3.05, 3.63) is 81.8 Å². The van der Waals surface area contributed by atoms with Crippen LogP contribution in [-0.2, 0) is 4.79 Å². The van der Waals surface area contributed by atoms with Crippen molar-refractivity contribution < 1.29 is 53.7 Å². The van der Waals surface area contributed by atoms with Crippen molar-refractivity contribution in [2.45, 2.75) is 24.8 Å². The first-order chi connectivity index (χ1) is 17.4. The molecule has 7 nitrogen and oxygen atoms in total. The van der Waals surface area contributed by atoms with E-state index in [1.54, 1.807) is 36.4 Å². The summed E-state index contributed by atoms with van der Waals surface area (Å²) in [5.74, 6) is -0.863. The number of ether oxygens (including phenoxy) is 2. The van der Waals surface area contributed by atoms with Crippen molar-refractivity contribution in [3.63, 3.8) is 0 Å². The van der Waals surface area contributed by atoms with Gasteiger partial charge in [-0.1, -0.05) is 29.3 Å². The molecule has 0 bridgehead atoms. The first-order valence-electron chi connectivity index (χ1n) is 11.6. The van der Waals surface area contributed by atoms with E-state index in [9.17, 15) is 14.7 Å². The molecule has 1 saturated heterocycles. The minimum Gasteiger partial charge on any atom is -0.549 e. The van der Waals surface area contributed by atoms with E-state index in [1.807, 2.05) is 24.3 Å². The number of anilines is 1. The van der Waals surface area contributed by atoms with E-state index in [1.165, 1.54) is 0 Å². The Labute approximate surface area is 246 Å². The van der Waals surface area contributed by atoms with Gasteiger partial charge >= 0.3 is 29.6 Å². The summed E-state index contributed by atoms with van der Waals surface area (Å²) in [6, 6.07) is 17.6. The smallest absolute Gasteiger partial charge is 0.549 e. The standard InChI is InChI=1S/C27H24Cl2N2O5.Na/c28-17-2-1-3-19(12-17)31-10-8-18(15-31)30-26(32)16-4-6-20(7-5-16)36-25-14-24-22(13-23(25)29)21(27(33)34)9-11-35-24;/h1-7,12-14,18,21H,8-11,15H2,(H,30,32)(H,33,34);/q;+1/p-1. The topological polar surface area (TPSA) is 90.9 Å². The molecule has 10 heteroatoms. The van der Waals surface area contributed by atoms with Gasteiger partial charge in [0.05, 0.1) is 11.6 Å². The van der Waals surface area contributed by atoms with E-state index >= 15 is 0 Å². The van der Waals surface area contributed by atoms with Gasteiger partial charge in [-0.05, 0) is 61.4 Å². The Hall–Kier alpha value is -2.42. The predicted octanol–water partition coefficient (Wildman–Crippen LogP) is 1.41. The molecule has 2 heterocycles. The average Bonchev–Trinajstić information content (AvgIpc) is 3.33. The SMILES string of the molecule is O=C(NC1CCN(c2cccc(Cl)c2)C1)c1ccc(Oc2cc3c(cc2Cl)C(C(=O)[O-])CCO3)cc1.[Na+]. The van der Waals surface area contributed by atoms with Crippen LogP contribution in [0.5, 0.6) is 17.2 Å². The van der Waals surface area contributed by atoms with Crippen LogP contribution in [0.4, 0.5) is 5.69 Å². The van der Waals surface area contributed by atoms with Crippen LogP contribution >= 0.6 is 23.2 Å². The van der Waals surface area contributed by atoms with Gasteiger partial charge in [0.1, 0.15) is 17.2 Å². The van der Waals surface area contributed by atoms with Gasteiger partial charge < -0.3 is 29.6 Å². The summed E-state index contributed by atoms with van der Waals surface area (Å²) in [5.41, 5.74) is 2.04. The maximum absolute atomic E-state index is 12.8. The van der Waals surface area contributed by atoms with Crippen molar-refractivity contribution in [3.8, 4) is 17.2 Å². The second-order valence-corrected chi connectivity index (χ2v) is 9.68. The molecule has 1 amide bonds. The Morgan fingerprint density at radius 1 is 1.05 bits per heavy atom. The molecular weight excluding hydrogens is 526 g/mol. The third kappa shape index (κ3) is 6.36. The van der Waals surface area contributed by atoms with E-state index in [0.717, 1.165) is 18.7 Å². The third-order valence-corrected chi connectivity index (χ3v) is 6.96. The summed E-state index contributed by atoms with van der Waals surface area (Å²) in [6.45, 7) is 1.83. The van der Waals surface area contributed by atoms with Crippen molar-refractivity contribution >= 4 is 40.8 Å². The summed E-state index contributed by atoms with van der Waals surface area (Å²) in [5, 5.41) is 15.5. The van der Waals surface area contributed by atoms with Crippen molar-refractivity contribution in [1.82, 2.24) is 5.32 Å². The summed E-state index contributed by atoms with van der Waals surface area (Å²) < 4.78 is 11.5. The van der Waals surface area contributed by atoms with Crippen LogP contribution in [0.2, 0.25) is 10.0 Å². The zero-order chi connectivity index (χ0) is 25.2. The molecule has 2 aliphatic rings. The van der Waals surface area contributed by atoms with E-state index in [-0.39, 0.29) is 53.1 Å². The number of amides is 1. The Kier molecular flexibility index (Phi) is 8.93. The van der Waals surface area contributed by atoms with Crippen molar-refractivity contribution in [2.24, 2.45) is 0 Å². The molecule has 1 fully saturated rings. The molecule has 37 heavy (non-hydrogen) atoms. The van der Waals surface area contributed by atoms with Gasteiger partial charge in [0.15, 0.2) is 0 Å². The Bertz CT molecular complexity index is 1300. The maximum atomic E-state index is 12.8. The van der Waals surface area contributed by atoms with E-state index in [4.69, 9.17) is 32.7 Å². The molecule has 0 saturated carbocycles. The normalized spacial score (nSPS) is 18.3. The molecule has 2 aliphatic heterocycles. The number of nitrogens with zero attached hydrogens (tertiary/aromatic N) is 1. The van der Waals surface area contributed by atoms with Gasteiger partial charge in [-0.15, -0.1) is 0 Å². The van der Waals surface area contributed by atoms with Crippen LogP contribution in [0.3, 0.4) is 0 Å². The monoisotopic (exact) mass is 548 g/mol. The number of carboxylic acids is 1. The van der Waals surface area contributed by atoms with Crippen LogP contribution in [0.15, 0.2) is 60.7 Å². The van der Waals surface area contributed by atoms with Gasteiger partial charge in [-0.2, -0.15) is 0 Å². The number of carbonyl (C=O) groups is 2. The van der Waals surface area contributed by atoms with Crippen LogP contribution in [0, 0.1) is 0 Å². The number of fused-ring (bicyclic) bond motifs is 1. The second kappa shape index (κ2) is 12.0. The summed E-state index contributed by atoms with van der Waals surface area (Å²) in [7, 11) is 0. The fourth-order valence-electron chi connectivity index (χ4n) is 4.57. The van der Waals surface area contributed by atoms with Gasteiger partial charge in [0.2, 0.25) is 0 Å². The summed E-state index contributed by atoms with van der Waals surface area (Å²) >= 11 is 12.5. The van der Waals surface area contributed by atoms with Gasteiger partial charge in [-0.25, -0.2) is 0 Å². The number of hydrogen-bond donors (Lipinski definition) is 1. The zero-order valence-electron chi connectivity index (χ0n) is 20.2. The molecule has 2 atom stereocenters.